The van der Waals surface area contributed by atoms with Crippen LogP contribution in [0.15, 0.2) is 33.7 Å². The minimum Gasteiger partial charge on any atom is -0.459 e. The second-order valence-corrected chi connectivity index (χ2v) is 6.32. The lowest BCUT2D eigenvalue weighted by molar-refractivity contribution is 0.108. The molecule has 0 bridgehead atoms. The van der Waals surface area contributed by atoms with Gasteiger partial charge in [-0.3, -0.25) is 4.99 Å². The Hall–Kier alpha value is -1.28. The van der Waals surface area contributed by atoms with E-state index in [0.29, 0.717) is 12.5 Å². The highest BCUT2D eigenvalue weighted by atomic mass is 127. The van der Waals surface area contributed by atoms with Crippen LogP contribution in [0.5, 0.6) is 0 Å². The van der Waals surface area contributed by atoms with Gasteiger partial charge in [0.05, 0.1) is 6.54 Å². The van der Waals surface area contributed by atoms with Gasteiger partial charge in [0.25, 0.3) is 0 Å². The number of benzene rings is 1. The number of hydrogen-bond acceptors (Lipinski definition) is 3. The van der Waals surface area contributed by atoms with E-state index in [1.54, 1.807) is 7.05 Å². The molecule has 1 aromatic heterocycles. The fraction of sp³-hybridized carbons (Fsp3) is 0.526. The lowest BCUT2D eigenvalue weighted by Gasteiger charge is -2.12. The summed E-state index contributed by atoms with van der Waals surface area (Å²) in [5, 5.41) is 7.77. The molecule has 0 radical (unpaired) electrons. The number of rotatable bonds is 8. The van der Waals surface area contributed by atoms with E-state index >= 15 is 0 Å². The maximum Gasteiger partial charge on any atom is 0.191 e. The minimum absolute atomic E-state index is 0. The first-order chi connectivity index (χ1) is 11.6. The van der Waals surface area contributed by atoms with Crippen molar-refractivity contribution in [2.75, 3.05) is 26.8 Å². The third-order valence-corrected chi connectivity index (χ3v) is 3.79. The quantitative estimate of drug-likeness (QED) is 0.270. The molecule has 0 unspecified atom stereocenters. The molecule has 1 aromatic carbocycles. The summed E-state index contributed by atoms with van der Waals surface area (Å²) in [6, 6.07) is 8.10. The summed E-state index contributed by atoms with van der Waals surface area (Å²) in [7, 11) is 1.77. The Balaban J connectivity index is 0.00000312. The van der Waals surface area contributed by atoms with Gasteiger partial charge in [0.15, 0.2) is 5.96 Å². The fourth-order valence-electron chi connectivity index (χ4n) is 2.48. The number of hydrogen-bond donors (Lipinski definition) is 2. The summed E-state index contributed by atoms with van der Waals surface area (Å²) in [4.78, 5) is 4.24. The summed E-state index contributed by atoms with van der Waals surface area (Å²) >= 11 is 0. The summed E-state index contributed by atoms with van der Waals surface area (Å²) in [6.45, 7) is 9.43. The Labute approximate surface area is 167 Å². The maximum atomic E-state index is 5.91. The number of aryl methyl sites for hydroxylation is 1. The molecular formula is C19H30IN3O2. The van der Waals surface area contributed by atoms with E-state index in [0.717, 1.165) is 43.5 Å². The van der Waals surface area contributed by atoms with Gasteiger partial charge in [-0.1, -0.05) is 32.0 Å². The van der Waals surface area contributed by atoms with Crippen LogP contribution in [0.4, 0.5) is 0 Å². The Bertz CT molecular complexity index is 668. The number of ether oxygens (including phenoxy) is 1. The second-order valence-electron chi connectivity index (χ2n) is 6.32. The number of fused-ring (bicyclic) bond motifs is 1. The number of nitrogens with one attached hydrogen (secondary N) is 2. The van der Waals surface area contributed by atoms with E-state index in [1.807, 2.05) is 18.2 Å². The van der Waals surface area contributed by atoms with Gasteiger partial charge < -0.3 is 19.8 Å². The number of aliphatic imine (C=N–C) groups is 1. The van der Waals surface area contributed by atoms with E-state index in [9.17, 15) is 0 Å². The molecule has 140 valence electrons. The molecule has 0 amide bonds. The van der Waals surface area contributed by atoms with Crippen molar-refractivity contribution in [3.05, 3.63) is 35.6 Å². The standard InChI is InChI=1S/C19H29N3O2.HI/c1-14(2)13-23-11-7-10-21-19(20-4)22-12-18-15(3)16-8-5-6-9-17(16)24-18;/h5-6,8-9,14H,7,10-13H2,1-4H3,(H2,20,21,22);1H. The van der Waals surface area contributed by atoms with E-state index in [1.165, 1.54) is 10.9 Å². The molecule has 1 heterocycles. The summed E-state index contributed by atoms with van der Waals surface area (Å²) in [5.41, 5.74) is 2.10. The molecule has 2 aromatic rings. The molecule has 0 fully saturated rings. The van der Waals surface area contributed by atoms with Gasteiger partial charge in [0.2, 0.25) is 0 Å². The summed E-state index contributed by atoms with van der Waals surface area (Å²) in [6.07, 6.45) is 0.955. The molecule has 0 saturated heterocycles. The average Bonchev–Trinajstić information content (AvgIpc) is 2.90. The van der Waals surface area contributed by atoms with Gasteiger partial charge in [0.1, 0.15) is 11.3 Å². The predicted molar refractivity (Wildman–Crippen MR) is 115 cm³/mol. The largest absolute Gasteiger partial charge is 0.459 e. The van der Waals surface area contributed by atoms with Crippen LogP contribution in [0, 0.1) is 12.8 Å². The van der Waals surface area contributed by atoms with Gasteiger partial charge >= 0.3 is 0 Å². The maximum absolute atomic E-state index is 5.91. The topological polar surface area (TPSA) is 58.8 Å². The Kier molecular flexibility index (Phi) is 9.89. The van der Waals surface area contributed by atoms with Crippen LogP contribution in [0.1, 0.15) is 31.6 Å². The first-order valence-corrected chi connectivity index (χ1v) is 8.61. The van der Waals surface area contributed by atoms with Crippen molar-refractivity contribution < 1.29 is 9.15 Å². The van der Waals surface area contributed by atoms with E-state index in [2.05, 4.69) is 42.5 Å². The molecule has 6 heteroatoms. The first kappa shape index (κ1) is 21.8. The van der Waals surface area contributed by atoms with E-state index in [4.69, 9.17) is 9.15 Å². The van der Waals surface area contributed by atoms with Crippen LogP contribution in [0.2, 0.25) is 0 Å². The van der Waals surface area contributed by atoms with Crippen LogP contribution in [0.3, 0.4) is 0 Å². The third kappa shape index (κ3) is 6.86. The predicted octanol–water partition coefficient (Wildman–Crippen LogP) is 4.09. The lowest BCUT2D eigenvalue weighted by atomic mass is 10.1. The minimum atomic E-state index is 0. The number of halogens is 1. The highest BCUT2D eigenvalue weighted by Crippen LogP contribution is 2.24. The molecule has 0 atom stereocenters. The molecule has 0 aliphatic rings. The number of guanidine groups is 1. The van der Waals surface area contributed by atoms with Crippen molar-refractivity contribution in [3.8, 4) is 0 Å². The van der Waals surface area contributed by atoms with Crippen molar-refractivity contribution in [2.45, 2.75) is 33.7 Å². The van der Waals surface area contributed by atoms with Crippen LogP contribution in [0.25, 0.3) is 11.0 Å². The molecular weight excluding hydrogens is 429 g/mol. The van der Waals surface area contributed by atoms with Crippen molar-refractivity contribution in [2.24, 2.45) is 10.9 Å². The van der Waals surface area contributed by atoms with Crippen LogP contribution < -0.4 is 10.6 Å². The van der Waals surface area contributed by atoms with Crippen molar-refractivity contribution >= 4 is 40.9 Å². The molecule has 0 saturated carbocycles. The first-order valence-electron chi connectivity index (χ1n) is 8.61. The zero-order valence-electron chi connectivity index (χ0n) is 15.6. The van der Waals surface area contributed by atoms with Crippen molar-refractivity contribution in [1.82, 2.24) is 10.6 Å². The third-order valence-electron chi connectivity index (χ3n) is 3.79. The Morgan fingerprint density at radius 1 is 1.24 bits per heavy atom. The van der Waals surface area contributed by atoms with Crippen LogP contribution in [-0.4, -0.2) is 32.8 Å². The van der Waals surface area contributed by atoms with Crippen molar-refractivity contribution in [3.63, 3.8) is 0 Å². The van der Waals surface area contributed by atoms with Gasteiger partial charge in [-0.15, -0.1) is 24.0 Å². The van der Waals surface area contributed by atoms with Gasteiger partial charge in [0, 0.05) is 37.8 Å². The smallest absolute Gasteiger partial charge is 0.191 e. The average molecular weight is 459 g/mol. The molecule has 0 aliphatic heterocycles. The van der Waals surface area contributed by atoms with Gasteiger partial charge in [-0.05, 0) is 25.3 Å². The van der Waals surface area contributed by atoms with Crippen LogP contribution in [-0.2, 0) is 11.3 Å². The number of furan rings is 1. The fourth-order valence-corrected chi connectivity index (χ4v) is 2.48. The zero-order valence-corrected chi connectivity index (χ0v) is 17.9. The Morgan fingerprint density at radius 3 is 2.68 bits per heavy atom. The molecule has 25 heavy (non-hydrogen) atoms. The van der Waals surface area contributed by atoms with Crippen LogP contribution >= 0.6 is 24.0 Å². The molecule has 2 N–H and O–H groups in total. The summed E-state index contributed by atoms with van der Waals surface area (Å²) < 4.78 is 11.5. The van der Waals surface area contributed by atoms with E-state index in [-0.39, 0.29) is 24.0 Å². The number of nitrogens with zero attached hydrogens (tertiary/aromatic N) is 1. The molecule has 2 rings (SSSR count). The normalized spacial score (nSPS) is 11.6. The molecule has 0 aliphatic carbocycles. The molecule has 0 spiro atoms. The Morgan fingerprint density at radius 2 is 2.00 bits per heavy atom. The second kappa shape index (κ2) is 11.4. The van der Waals surface area contributed by atoms with Crippen molar-refractivity contribution in [1.29, 1.82) is 0 Å². The number of para-hydroxylation sites is 1. The monoisotopic (exact) mass is 459 g/mol. The van der Waals surface area contributed by atoms with Gasteiger partial charge in [-0.25, -0.2) is 0 Å². The van der Waals surface area contributed by atoms with E-state index < -0.39 is 0 Å². The zero-order chi connectivity index (χ0) is 17.4. The highest BCUT2D eigenvalue weighted by molar-refractivity contribution is 14.0. The SMILES string of the molecule is CN=C(NCCCOCC(C)C)NCc1oc2ccccc2c1C.I. The molecule has 5 nitrogen and oxygen atoms in total. The highest BCUT2D eigenvalue weighted by Gasteiger charge is 2.10. The summed E-state index contributed by atoms with van der Waals surface area (Å²) in [5.74, 6) is 2.30. The lowest BCUT2D eigenvalue weighted by Crippen LogP contribution is -2.37. The van der Waals surface area contributed by atoms with Gasteiger partial charge in [-0.2, -0.15) is 0 Å².